The zero-order valence-corrected chi connectivity index (χ0v) is 14.1. The predicted octanol–water partition coefficient (Wildman–Crippen LogP) is 5.96. The molecule has 0 spiro atoms. The monoisotopic (exact) mass is 506 g/mol. The molecule has 1 aliphatic heterocycles. The second-order valence-electron chi connectivity index (χ2n) is 6.21. The predicted molar refractivity (Wildman–Crippen MR) is 60.7 cm³/mol. The van der Waals surface area contributed by atoms with Crippen molar-refractivity contribution in [2.24, 2.45) is 5.92 Å². The van der Waals surface area contributed by atoms with Gasteiger partial charge in [-0.05, 0) is 0 Å². The molecular formula is C12H7F17O2. The SMILES string of the molecule is COC1(C(F)(C(F)(F)F)C(F)(F)F)CC(C(F)(F)F)C(C(F)(C(F)(F)F)C(F)(F)F)O1. The molecule has 1 heterocycles. The van der Waals surface area contributed by atoms with Gasteiger partial charge in [-0.15, -0.1) is 0 Å². The molecule has 186 valence electrons. The Morgan fingerprint density at radius 2 is 1.00 bits per heavy atom. The molecule has 0 aromatic rings. The molecule has 1 rings (SSSR count). The summed E-state index contributed by atoms with van der Waals surface area (Å²) in [4.78, 5) is 0. The molecular weight excluding hydrogens is 499 g/mol. The van der Waals surface area contributed by atoms with E-state index >= 15 is 0 Å². The molecule has 31 heavy (non-hydrogen) atoms. The first-order chi connectivity index (χ1) is 13.2. The van der Waals surface area contributed by atoms with Gasteiger partial charge in [-0.1, -0.05) is 0 Å². The molecule has 0 radical (unpaired) electrons. The van der Waals surface area contributed by atoms with Crippen LogP contribution in [0.4, 0.5) is 74.6 Å². The van der Waals surface area contributed by atoms with Crippen LogP contribution in [0.25, 0.3) is 0 Å². The van der Waals surface area contributed by atoms with Crippen LogP contribution in [0.2, 0.25) is 0 Å². The van der Waals surface area contributed by atoms with Crippen LogP contribution in [0.15, 0.2) is 0 Å². The van der Waals surface area contributed by atoms with Crippen LogP contribution < -0.4 is 0 Å². The van der Waals surface area contributed by atoms with Crippen molar-refractivity contribution in [1.29, 1.82) is 0 Å². The fourth-order valence-electron chi connectivity index (χ4n) is 2.95. The molecule has 0 bridgehead atoms. The average molecular weight is 506 g/mol. The molecule has 0 amide bonds. The lowest BCUT2D eigenvalue weighted by molar-refractivity contribution is -0.445. The van der Waals surface area contributed by atoms with E-state index in [-0.39, 0.29) is 0 Å². The summed E-state index contributed by atoms with van der Waals surface area (Å²) >= 11 is 0. The number of methoxy groups -OCH3 is 1. The Hall–Kier alpha value is -1.27. The Morgan fingerprint density at radius 1 is 0.645 bits per heavy atom. The molecule has 0 aliphatic carbocycles. The Morgan fingerprint density at radius 3 is 1.23 bits per heavy atom. The fraction of sp³-hybridized carbons (Fsp3) is 1.00. The van der Waals surface area contributed by atoms with Crippen LogP contribution in [0.5, 0.6) is 0 Å². The van der Waals surface area contributed by atoms with E-state index in [9.17, 15) is 74.6 Å². The van der Waals surface area contributed by atoms with Gasteiger partial charge in [0.05, 0.1) is 5.92 Å². The van der Waals surface area contributed by atoms with Gasteiger partial charge in [0, 0.05) is 13.5 Å². The van der Waals surface area contributed by atoms with Gasteiger partial charge in [0.25, 0.3) is 0 Å². The van der Waals surface area contributed by atoms with Crippen LogP contribution >= 0.6 is 0 Å². The minimum atomic E-state index is -7.40. The fourth-order valence-corrected chi connectivity index (χ4v) is 2.95. The van der Waals surface area contributed by atoms with E-state index in [1.54, 1.807) is 0 Å². The maximum Gasteiger partial charge on any atom is 0.437 e. The van der Waals surface area contributed by atoms with Gasteiger partial charge in [0.15, 0.2) is 0 Å². The smallest absolute Gasteiger partial charge is 0.350 e. The van der Waals surface area contributed by atoms with E-state index in [0.29, 0.717) is 0 Å². The highest BCUT2D eigenvalue weighted by molar-refractivity contribution is 5.16. The molecule has 3 atom stereocenters. The maximum absolute atomic E-state index is 14.3. The van der Waals surface area contributed by atoms with E-state index in [1.807, 2.05) is 0 Å². The van der Waals surface area contributed by atoms with E-state index in [0.717, 1.165) is 0 Å². The second kappa shape index (κ2) is 7.11. The lowest BCUT2D eigenvalue weighted by atomic mass is 9.82. The Bertz CT molecular complexity index is 624. The first kappa shape index (κ1) is 27.8. The van der Waals surface area contributed by atoms with E-state index < -0.39 is 73.6 Å². The average Bonchev–Trinajstić information content (AvgIpc) is 2.90. The minimum absolute atomic E-state index is 0.414. The van der Waals surface area contributed by atoms with Crippen molar-refractivity contribution in [3.05, 3.63) is 0 Å². The van der Waals surface area contributed by atoms with Gasteiger partial charge >= 0.3 is 42.2 Å². The third-order valence-electron chi connectivity index (χ3n) is 4.44. The number of halogens is 17. The molecule has 1 fully saturated rings. The number of rotatable bonds is 3. The molecule has 19 heteroatoms. The Kier molecular flexibility index (Phi) is 6.37. The zero-order valence-electron chi connectivity index (χ0n) is 14.1. The molecule has 0 N–H and O–H groups in total. The summed E-state index contributed by atoms with van der Waals surface area (Å²) in [6.07, 6.45) is -44.5. The van der Waals surface area contributed by atoms with Crippen molar-refractivity contribution >= 4 is 0 Å². The van der Waals surface area contributed by atoms with Crippen molar-refractivity contribution in [2.45, 2.75) is 60.5 Å². The lowest BCUT2D eigenvalue weighted by Crippen LogP contribution is -2.70. The quantitative estimate of drug-likeness (QED) is 0.440. The van der Waals surface area contributed by atoms with Crippen molar-refractivity contribution < 1.29 is 84.1 Å². The highest BCUT2D eigenvalue weighted by atomic mass is 19.4. The van der Waals surface area contributed by atoms with Crippen molar-refractivity contribution in [2.75, 3.05) is 7.11 Å². The van der Waals surface area contributed by atoms with Crippen LogP contribution in [0.3, 0.4) is 0 Å². The van der Waals surface area contributed by atoms with Crippen LogP contribution in [0, 0.1) is 5.92 Å². The van der Waals surface area contributed by atoms with Gasteiger partial charge in [-0.25, -0.2) is 8.78 Å². The number of ether oxygens (including phenoxy) is 2. The summed E-state index contributed by atoms with van der Waals surface area (Å²) in [5.74, 6) is -10.2. The zero-order chi connectivity index (χ0) is 25.3. The topological polar surface area (TPSA) is 18.5 Å². The summed E-state index contributed by atoms with van der Waals surface area (Å²) in [5, 5.41) is 0. The Labute approximate surface area is 159 Å². The van der Waals surface area contributed by atoms with Gasteiger partial charge in [0.1, 0.15) is 6.10 Å². The first-order valence-corrected chi connectivity index (χ1v) is 7.19. The van der Waals surface area contributed by atoms with Crippen LogP contribution in [-0.4, -0.2) is 61.2 Å². The maximum atomic E-state index is 14.3. The third kappa shape index (κ3) is 3.88. The van der Waals surface area contributed by atoms with Crippen molar-refractivity contribution in [3.8, 4) is 0 Å². The Balaban J connectivity index is 3.96. The van der Waals surface area contributed by atoms with Crippen LogP contribution in [0.1, 0.15) is 6.42 Å². The van der Waals surface area contributed by atoms with Gasteiger partial charge in [-0.2, -0.15) is 65.9 Å². The molecule has 1 saturated heterocycles. The molecule has 2 nitrogen and oxygen atoms in total. The van der Waals surface area contributed by atoms with Crippen molar-refractivity contribution in [3.63, 3.8) is 0 Å². The first-order valence-electron chi connectivity index (χ1n) is 7.19. The third-order valence-corrected chi connectivity index (χ3v) is 4.44. The summed E-state index contributed by atoms with van der Waals surface area (Å²) in [6, 6.07) is 0. The van der Waals surface area contributed by atoms with Crippen molar-refractivity contribution in [1.82, 2.24) is 0 Å². The van der Waals surface area contributed by atoms with Gasteiger partial charge in [0.2, 0.25) is 5.79 Å². The van der Waals surface area contributed by atoms with E-state index in [1.165, 1.54) is 0 Å². The molecule has 1 aliphatic rings. The standard InChI is InChI=1S/C12H7F17O2/c1-30-5(8(17,11(24,25)26)12(27,28)29)2-3(7(14,15)16)4(31-5)6(13,9(18,19)20)10(21,22)23/h3-4H,2H2,1H3. The largest absolute Gasteiger partial charge is 0.437 e. The summed E-state index contributed by atoms with van der Waals surface area (Å²) in [5.41, 5.74) is -14.3. The van der Waals surface area contributed by atoms with E-state index in [2.05, 4.69) is 9.47 Å². The molecule has 3 unspecified atom stereocenters. The summed E-state index contributed by atoms with van der Waals surface area (Å²) < 4.78 is 229. The second-order valence-corrected chi connectivity index (χ2v) is 6.21. The highest BCUT2D eigenvalue weighted by Crippen LogP contribution is 2.64. The number of hydrogen-bond donors (Lipinski definition) is 0. The van der Waals surface area contributed by atoms with Gasteiger partial charge in [-0.3, -0.25) is 0 Å². The lowest BCUT2D eigenvalue weighted by Gasteiger charge is -2.43. The van der Waals surface area contributed by atoms with E-state index in [4.69, 9.17) is 0 Å². The van der Waals surface area contributed by atoms with Gasteiger partial charge < -0.3 is 9.47 Å². The molecule has 0 saturated carbocycles. The molecule has 0 aromatic heterocycles. The summed E-state index contributed by atoms with van der Waals surface area (Å²) in [6.45, 7) is 0. The minimum Gasteiger partial charge on any atom is -0.350 e. The van der Waals surface area contributed by atoms with Crippen LogP contribution in [-0.2, 0) is 9.47 Å². The highest BCUT2D eigenvalue weighted by Gasteiger charge is 2.89. The number of alkyl halides is 17. The number of hydrogen-bond acceptors (Lipinski definition) is 2. The molecule has 0 aromatic carbocycles. The summed E-state index contributed by atoms with van der Waals surface area (Å²) in [7, 11) is -0.414. The normalized spacial score (nSPS) is 27.7.